The van der Waals surface area contributed by atoms with Crippen LogP contribution in [-0.2, 0) is 4.79 Å². The molecule has 5 heteroatoms. The van der Waals surface area contributed by atoms with Gasteiger partial charge in [-0.05, 0) is 43.2 Å². The number of hydrogen-bond donors (Lipinski definition) is 2. The van der Waals surface area contributed by atoms with E-state index in [0.29, 0.717) is 22.7 Å². The second-order valence-corrected chi connectivity index (χ2v) is 5.63. The molecule has 2 aliphatic rings. The summed E-state index contributed by atoms with van der Waals surface area (Å²) in [7, 11) is 0. The van der Waals surface area contributed by atoms with E-state index in [1.165, 1.54) is 6.42 Å². The van der Waals surface area contributed by atoms with Crippen molar-refractivity contribution >= 4 is 23.2 Å². The molecule has 1 heterocycles. The predicted molar refractivity (Wildman–Crippen MR) is 70.2 cm³/mol. The van der Waals surface area contributed by atoms with Gasteiger partial charge >= 0.3 is 0 Å². The lowest BCUT2D eigenvalue weighted by Crippen LogP contribution is -2.42. The average Bonchev–Trinajstić information content (AvgIpc) is 2.92. The minimum absolute atomic E-state index is 0.000744. The van der Waals surface area contributed by atoms with Crippen molar-refractivity contribution in [1.29, 1.82) is 0 Å². The Labute approximate surface area is 111 Å². The first-order valence-electron chi connectivity index (χ1n) is 6.34. The number of rotatable bonds is 2. The number of nitrogens with zero attached hydrogens (tertiary/aromatic N) is 1. The molecule has 0 saturated heterocycles. The number of nitrogens with one attached hydrogen (secondary N) is 1. The van der Waals surface area contributed by atoms with Gasteiger partial charge in [0.15, 0.2) is 5.15 Å². The Bertz CT molecular complexity index is 477. The third-order valence-electron chi connectivity index (χ3n) is 4.30. The number of nitrogens with two attached hydrogens (primary N) is 1. The lowest BCUT2D eigenvalue weighted by atomic mass is 9.84. The Balaban J connectivity index is 1.74. The summed E-state index contributed by atoms with van der Waals surface area (Å²) in [4.78, 5) is 16.2. The van der Waals surface area contributed by atoms with E-state index in [1.807, 2.05) is 0 Å². The van der Waals surface area contributed by atoms with Crippen LogP contribution in [0.2, 0.25) is 5.15 Å². The van der Waals surface area contributed by atoms with Crippen LogP contribution in [0.4, 0.5) is 5.69 Å². The molecule has 2 saturated carbocycles. The highest BCUT2D eigenvalue weighted by atomic mass is 35.5. The van der Waals surface area contributed by atoms with E-state index in [0.717, 1.165) is 12.8 Å². The van der Waals surface area contributed by atoms with Crippen LogP contribution in [0.5, 0.6) is 0 Å². The maximum absolute atomic E-state index is 12.3. The van der Waals surface area contributed by atoms with Gasteiger partial charge in [0.25, 0.3) is 0 Å². The average molecular weight is 266 g/mol. The highest BCUT2D eigenvalue weighted by molar-refractivity contribution is 6.32. The first kappa shape index (κ1) is 11.9. The molecule has 96 valence electrons. The zero-order valence-corrected chi connectivity index (χ0v) is 10.7. The minimum atomic E-state index is -0.0694. The van der Waals surface area contributed by atoms with Crippen molar-refractivity contribution < 1.29 is 4.79 Å². The highest BCUT2D eigenvalue weighted by Gasteiger charge is 2.49. The van der Waals surface area contributed by atoms with Gasteiger partial charge in [-0.15, -0.1) is 0 Å². The summed E-state index contributed by atoms with van der Waals surface area (Å²) in [6.45, 7) is 0. The van der Waals surface area contributed by atoms with Gasteiger partial charge in [0.2, 0.25) is 5.91 Å². The van der Waals surface area contributed by atoms with Crippen molar-refractivity contribution in [2.24, 2.45) is 23.5 Å². The molecule has 18 heavy (non-hydrogen) atoms. The quantitative estimate of drug-likeness (QED) is 0.804. The van der Waals surface area contributed by atoms with E-state index in [9.17, 15) is 4.79 Å². The van der Waals surface area contributed by atoms with E-state index in [-0.39, 0.29) is 17.9 Å². The SMILES string of the molecule is NC1C2CCC(C2)C1C(=O)Nc1cccnc1Cl. The molecule has 4 unspecified atom stereocenters. The number of pyridine rings is 1. The van der Waals surface area contributed by atoms with Gasteiger partial charge in [-0.3, -0.25) is 4.79 Å². The second kappa shape index (κ2) is 4.52. The molecule has 4 atom stereocenters. The Hall–Kier alpha value is -1.13. The number of aromatic nitrogens is 1. The van der Waals surface area contributed by atoms with Crippen LogP contribution in [0.15, 0.2) is 18.3 Å². The summed E-state index contributed by atoms with van der Waals surface area (Å²) in [6, 6.07) is 3.51. The van der Waals surface area contributed by atoms with Crippen LogP contribution < -0.4 is 11.1 Å². The largest absolute Gasteiger partial charge is 0.327 e. The van der Waals surface area contributed by atoms with E-state index in [2.05, 4.69) is 10.3 Å². The van der Waals surface area contributed by atoms with Gasteiger partial charge in [-0.2, -0.15) is 0 Å². The zero-order valence-electron chi connectivity index (χ0n) is 9.97. The molecule has 2 aliphatic carbocycles. The monoisotopic (exact) mass is 265 g/mol. The topological polar surface area (TPSA) is 68.0 Å². The number of hydrogen-bond acceptors (Lipinski definition) is 3. The van der Waals surface area contributed by atoms with Crippen LogP contribution >= 0.6 is 11.6 Å². The van der Waals surface area contributed by atoms with Crippen molar-refractivity contribution in [3.8, 4) is 0 Å². The van der Waals surface area contributed by atoms with E-state index < -0.39 is 0 Å². The van der Waals surface area contributed by atoms with Gasteiger partial charge < -0.3 is 11.1 Å². The summed E-state index contributed by atoms with van der Waals surface area (Å²) in [5.74, 6) is 0.889. The normalized spacial score (nSPS) is 33.7. The number of amides is 1. The Morgan fingerprint density at radius 1 is 1.44 bits per heavy atom. The van der Waals surface area contributed by atoms with Crippen molar-refractivity contribution in [2.45, 2.75) is 25.3 Å². The molecule has 2 bridgehead atoms. The third kappa shape index (κ3) is 1.89. The number of carbonyl (C=O) groups is 1. The first-order valence-corrected chi connectivity index (χ1v) is 6.71. The second-order valence-electron chi connectivity index (χ2n) is 5.27. The molecule has 4 nitrogen and oxygen atoms in total. The molecule has 3 rings (SSSR count). The Kier molecular flexibility index (Phi) is 2.99. The number of carbonyl (C=O) groups excluding carboxylic acids is 1. The summed E-state index contributed by atoms with van der Waals surface area (Å²) in [5.41, 5.74) is 6.72. The summed E-state index contributed by atoms with van der Waals surface area (Å²) < 4.78 is 0. The molecule has 0 aromatic carbocycles. The summed E-state index contributed by atoms with van der Waals surface area (Å²) in [5, 5.41) is 3.18. The van der Waals surface area contributed by atoms with Crippen molar-refractivity contribution in [3.63, 3.8) is 0 Å². The van der Waals surface area contributed by atoms with Gasteiger partial charge in [0.05, 0.1) is 11.6 Å². The Morgan fingerprint density at radius 2 is 2.22 bits per heavy atom. The standard InChI is InChI=1S/C13H16ClN3O/c14-12-9(2-1-5-16-12)17-13(18)10-7-3-4-8(6-7)11(10)15/h1-2,5,7-8,10-11H,3-4,6,15H2,(H,17,18). The van der Waals surface area contributed by atoms with Gasteiger partial charge in [-0.25, -0.2) is 4.98 Å². The third-order valence-corrected chi connectivity index (χ3v) is 4.60. The van der Waals surface area contributed by atoms with Crippen LogP contribution in [0, 0.1) is 17.8 Å². The molecule has 1 amide bonds. The fourth-order valence-corrected chi connectivity index (χ4v) is 3.59. The van der Waals surface area contributed by atoms with Crippen LogP contribution in [-0.4, -0.2) is 16.9 Å². The lowest BCUT2D eigenvalue weighted by Gasteiger charge is -2.27. The van der Waals surface area contributed by atoms with Crippen LogP contribution in [0.25, 0.3) is 0 Å². The van der Waals surface area contributed by atoms with E-state index >= 15 is 0 Å². The van der Waals surface area contributed by atoms with Crippen LogP contribution in [0.3, 0.4) is 0 Å². The van der Waals surface area contributed by atoms with Crippen molar-refractivity contribution in [3.05, 3.63) is 23.5 Å². The smallest absolute Gasteiger partial charge is 0.229 e. The van der Waals surface area contributed by atoms with E-state index in [1.54, 1.807) is 18.3 Å². The first-order chi connectivity index (χ1) is 8.66. The van der Waals surface area contributed by atoms with Gasteiger partial charge in [-0.1, -0.05) is 11.6 Å². The molecular formula is C13H16ClN3O. The zero-order chi connectivity index (χ0) is 12.7. The molecule has 1 aromatic rings. The van der Waals surface area contributed by atoms with E-state index in [4.69, 9.17) is 17.3 Å². The number of anilines is 1. The maximum Gasteiger partial charge on any atom is 0.229 e. The Morgan fingerprint density at radius 3 is 2.89 bits per heavy atom. The molecule has 0 aliphatic heterocycles. The number of fused-ring (bicyclic) bond motifs is 2. The summed E-state index contributed by atoms with van der Waals surface area (Å²) >= 11 is 5.93. The van der Waals surface area contributed by atoms with Crippen molar-refractivity contribution in [2.75, 3.05) is 5.32 Å². The molecule has 1 aromatic heterocycles. The fraction of sp³-hybridized carbons (Fsp3) is 0.538. The van der Waals surface area contributed by atoms with Gasteiger partial charge in [0, 0.05) is 12.2 Å². The van der Waals surface area contributed by atoms with Crippen molar-refractivity contribution in [1.82, 2.24) is 4.98 Å². The maximum atomic E-state index is 12.3. The predicted octanol–water partition coefficient (Wildman–Crippen LogP) is 2.05. The molecule has 0 radical (unpaired) electrons. The molecule has 2 fully saturated rings. The van der Waals surface area contributed by atoms with Gasteiger partial charge in [0.1, 0.15) is 0 Å². The highest BCUT2D eigenvalue weighted by Crippen LogP contribution is 2.47. The molecule has 0 spiro atoms. The lowest BCUT2D eigenvalue weighted by molar-refractivity contribution is -0.121. The fourth-order valence-electron chi connectivity index (χ4n) is 3.42. The van der Waals surface area contributed by atoms with Crippen LogP contribution in [0.1, 0.15) is 19.3 Å². The summed E-state index contributed by atoms with van der Waals surface area (Å²) in [6.07, 6.45) is 4.99. The minimum Gasteiger partial charge on any atom is -0.327 e. The molecule has 3 N–H and O–H groups in total. The molecular weight excluding hydrogens is 250 g/mol. The number of halogens is 1.